The zero-order valence-corrected chi connectivity index (χ0v) is 17.3. The third-order valence-electron chi connectivity index (χ3n) is 4.59. The van der Waals surface area contributed by atoms with Gasteiger partial charge in [-0.2, -0.15) is 4.31 Å². The maximum atomic E-state index is 13.1. The van der Waals surface area contributed by atoms with Crippen molar-refractivity contribution in [1.29, 1.82) is 0 Å². The molecule has 0 fully saturated rings. The molecular formula is C20H21FN2O6S. The summed E-state index contributed by atoms with van der Waals surface area (Å²) in [5.74, 6) is -1.31. The van der Waals surface area contributed by atoms with Crippen LogP contribution in [-0.4, -0.2) is 57.2 Å². The van der Waals surface area contributed by atoms with E-state index in [1.165, 1.54) is 36.3 Å². The fourth-order valence-corrected chi connectivity index (χ4v) is 3.77. The minimum Gasteiger partial charge on any atom is -0.475 e. The molecule has 30 heavy (non-hydrogen) atoms. The Morgan fingerprint density at radius 2 is 1.87 bits per heavy atom. The first kappa shape index (κ1) is 21.7. The predicted octanol–water partition coefficient (Wildman–Crippen LogP) is 1.55. The molecule has 1 aliphatic rings. The van der Waals surface area contributed by atoms with Gasteiger partial charge in [0.2, 0.25) is 22.0 Å². The topological polar surface area (TPSA) is 93.2 Å². The molecule has 1 heterocycles. The molecule has 0 radical (unpaired) electrons. The second-order valence-corrected chi connectivity index (χ2v) is 8.74. The molecule has 160 valence electrons. The lowest BCUT2D eigenvalue weighted by Gasteiger charge is -2.34. The van der Waals surface area contributed by atoms with E-state index in [1.807, 2.05) is 0 Å². The van der Waals surface area contributed by atoms with Gasteiger partial charge in [-0.25, -0.2) is 17.6 Å². The molecule has 0 saturated carbocycles. The molecular weight excluding hydrogens is 415 g/mol. The predicted molar refractivity (Wildman–Crippen MR) is 107 cm³/mol. The van der Waals surface area contributed by atoms with Gasteiger partial charge in [-0.05, 0) is 29.8 Å². The molecule has 0 aliphatic carbocycles. The second kappa shape index (κ2) is 8.80. The lowest BCUT2D eigenvalue weighted by atomic mass is 10.1. The molecule has 2 aromatic rings. The number of para-hydroxylation sites is 2. The molecule has 0 N–H and O–H groups in total. The average molecular weight is 436 g/mol. The van der Waals surface area contributed by atoms with Crippen LogP contribution < -0.4 is 9.64 Å². The van der Waals surface area contributed by atoms with Gasteiger partial charge in [0.05, 0.1) is 32.1 Å². The second-order valence-electron chi connectivity index (χ2n) is 6.76. The standard InChI is InChI=1S/C20H21FN2O6S/c1-28-20(25)18-12-23(16-5-3-4-6-17(16)29-18)19(24)13-22(30(2,26)27)11-14-7-9-15(21)10-8-14/h3-10,18H,11-13H2,1-2H3/t18-/m1/s1. The number of halogens is 1. The number of methoxy groups -OCH3 is 1. The molecule has 0 aromatic heterocycles. The minimum absolute atomic E-state index is 0.0999. The zero-order chi connectivity index (χ0) is 21.9. The maximum Gasteiger partial charge on any atom is 0.348 e. The Balaban J connectivity index is 1.85. The van der Waals surface area contributed by atoms with Crippen LogP contribution in [-0.2, 0) is 30.9 Å². The van der Waals surface area contributed by atoms with Crippen molar-refractivity contribution in [3.8, 4) is 5.75 Å². The Hall–Kier alpha value is -2.98. The van der Waals surface area contributed by atoms with Crippen molar-refractivity contribution >= 4 is 27.6 Å². The summed E-state index contributed by atoms with van der Waals surface area (Å²) in [7, 11) is -2.53. The molecule has 3 rings (SSSR count). The van der Waals surface area contributed by atoms with E-state index in [1.54, 1.807) is 24.3 Å². The van der Waals surface area contributed by atoms with E-state index >= 15 is 0 Å². The monoisotopic (exact) mass is 436 g/mol. The number of carbonyl (C=O) groups excluding carboxylic acids is 2. The van der Waals surface area contributed by atoms with Crippen LogP contribution >= 0.6 is 0 Å². The Morgan fingerprint density at radius 3 is 2.50 bits per heavy atom. The minimum atomic E-state index is -3.75. The molecule has 0 bridgehead atoms. The molecule has 1 aliphatic heterocycles. The highest BCUT2D eigenvalue weighted by molar-refractivity contribution is 7.88. The zero-order valence-electron chi connectivity index (χ0n) is 16.4. The first-order chi connectivity index (χ1) is 14.2. The van der Waals surface area contributed by atoms with E-state index in [2.05, 4.69) is 0 Å². The molecule has 0 spiro atoms. The Morgan fingerprint density at radius 1 is 1.20 bits per heavy atom. The van der Waals surface area contributed by atoms with Crippen LogP contribution in [0.25, 0.3) is 0 Å². The largest absolute Gasteiger partial charge is 0.475 e. The van der Waals surface area contributed by atoms with Gasteiger partial charge in [0.15, 0.2) is 0 Å². The summed E-state index contributed by atoms with van der Waals surface area (Å²) in [6.07, 6.45) is -0.0356. The third kappa shape index (κ3) is 4.95. The molecule has 0 unspecified atom stereocenters. The van der Waals surface area contributed by atoms with Gasteiger partial charge < -0.3 is 14.4 Å². The lowest BCUT2D eigenvalue weighted by molar-refractivity contribution is -0.148. The van der Waals surface area contributed by atoms with Crippen molar-refractivity contribution < 1.29 is 31.9 Å². The number of ether oxygens (including phenoxy) is 2. The Labute approximate surface area is 173 Å². The first-order valence-corrected chi connectivity index (χ1v) is 10.9. The van der Waals surface area contributed by atoms with Gasteiger partial charge in [0.25, 0.3) is 0 Å². The van der Waals surface area contributed by atoms with E-state index in [-0.39, 0.29) is 13.1 Å². The Kier molecular flexibility index (Phi) is 6.37. The summed E-state index contributed by atoms with van der Waals surface area (Å²) >= 11 is 0. The van der Waals surface area contributed by atoms with Crippen molar-refractivity contribution in [2.75, 3.05) is 31.4 Å². The fraction of sp³-hybridized carbons (Fsp3) is 0.300. The lowest BCUT2D eigenvalue weighted by Crippen LogP contribution is -2.50. The number of hydrogen-bond acceptors (Lipinski definition) is 6. The van der Waals surface area contributed by atoms with Gasteiger partial charge in [-0.1, -0.05) is 24.3 Å². The number of rotatable bonds is 6. The highest BCUT2D eigenvalue weighted by Gasteiger charge is 2.35. The number of fused-ring (bicyclic) bond motifs is 1. The maximum absolute atomic E-state index is 13.1. The number of esters is 1. The van der Waals surface area contributed by atoms with E-state index in [0.717, 1.165) is 10.6 Å². The molecule has 10 heteroatoms. The summed E-state index contributed by atoms with van der Waals surface area (Å²) in [4.78, 5) is 26.4. The highest BCUT2D eigenvalue weighted by Crippen LogP contribution is 2.33. The summed E-state index contributed by atoms with van der Waals surface area (Å²) < 4.78 is 49.0. The smallest absolute Gasteiger partial charge is 0.348 e. The number of amides is 1. The third-order valence-corrected chi connectivity index (χ3v) is 5.79. The average Bonchev–Trinajstić information content (AvgIpc) is 2.72. The summed E-state index contributed by atoms with van der Waals surface area (Å²) in [6, 6.07) is 12.0. The van der Waals surface area contributed by atoms with E-state index in [0.29, 0.717) is 17.0 Å². The molecule has 8 nitrogen and oxygen atoms in total. The first-order valence-electron chi connectivity index (χ1n) is 9.02. The van der Waals surface area contributed by atoms with Crippen molar-refractivity contribution in [1.82, 2.24) is 4.31 Å². The van der Waals surface area contributed by atoms with Crippen molar-refractivity contribution in [3.63, 3.8) is 0 Å². The van der Waals surface area contributed by atoms with Crippen LogP contribution in [0.4, 0.5) is 10.1 Å². The van der Waals surface area contributed by atoms with E-state index in [4.69, 9.17) is 9.47 Å². The molecule has 0 saturated heterocycles. The normalized spacial score (nSPS) is 16.0. The number of sulfonamides is 1. The van der Waals surface area contributed by atoms with Crippen LogP contribution in [0.15, 0.2) is 48.5 Å². The van der Waals surface area contributed by atoms with E-state index in [9.17, 15) is 22.4 Å². The van der Waals surface area contributed by atoms with Gasteiger partial charge in [-0.3, -0.25) is 4.79 Å². The molecule has 1 amide bonds. The van der Waals surface area contributed by atoms with Crippen LogP contribution in [0.3, 0.4) is 0 Å². The van der Waals surface area contributed by atoms with Crippen LogP contribution in [0.1, 0.15) is 5.56 Å². The molecule has 1 atom stereocenters. The van der Waals surface area contributed by atoms with Crippen molar-refractivity contribution in [3.05, 3.63) is 59.9 Å². The number of anilines is 1. The Bertz CT molecular complexity index is 1040. The van der Waals surface area contributed by atoms with Gasteiger partial charge in [0, 0.05) is 6.54 Å². The van der Waals surface area contributed by atoms with Gasteiger partial charge >= 0.3 is 5.97 Å². The van der Waals surface area contributed by atoms with Gasteiger partial charge in [-0.15, -0.1) is 0 Å². The SMILES string of the molecule is COC(=O)[C@H]1CN(C(=O)CN(Cc2ccc(F)cc2)S(C)(=O)=O)c2ccccc2O1. The van der Waals surface area contributed by atoms with Crippen LogP contribution in [0.2, 0.25) is 0 Å². The van der Waals surface area contributed by atoms with E-state index < -0.39 is 40.4 Å². The molecule has 2 aromatic carbocycles. The number of benzene rings is 2. The number of nitrogens with zero attached hydrogens (tertiary/aromatic N) is 2. The summed E-state index contributed by atoms with van der Waals surface area (Å²) in [5, 5.41) is 0. The highest BCUT2D eigenvalue weighted by atomic mass is 32.2. The number of hydrogen-bond donors (Lipinski definition) is 0. The van der Waals surface area contributed by atoms with Gasteiger partial charge in [0.1, 0.15) is 11.6 Å². The van der Waals surface area contributed by atoms with Crippen LogP contribution in [0.5, 0.6) is 5.75 Å². The van der Waals surface area contributed by atoms with Crippen molar-refractivity contribution in [2.45, 2.75) is 12.6 Å². The summed E-state index contributed by atoms with van der Waals surface area (Å²) in [6.45, 7) is -0.674. The quantitative estimate of drug-likeness (QED) is 0.638. The summed E-state index contributed by atoms with van der Waals surface area (Å²) in [5.41, 5.74) is 0.960. The van der Waals surface area contributed by atoms with Crippen molar-refractivity contribution in [2.24, 2.45) is 0 Å². The fourth-order valence-electron chi connectivity index (χ4n) is 3.04. The number of carbonyl (C=O) groups is 2. The van der Waals surface area contributed by atoms with Crippen LogP contribution in [0, 0.1) is 5.82 Å².